The van der Waals surface area contributed by atoms with Crippen molar-refractivity contribution in [3.63, 3.8) is 0 Å². The molecule has 0 spiro atoms. The molecule has 0 saturated carbocycles. The Morgan fingerprint density at radius 1 is 1.56 bits per heavy atom. The summed E-state index contributed by atoms with van der Waals surface area (Å²) in [5.74, 6) is 0.136. The molecular formula is C11H14BrNO2S. The van der Waals surface area contributed by atoms with Crippen LogP contribution in [0.2, 0.25) is 0 Å². The number of hydrogen-bond donors (Lipinski definition) is 0. The van der Waals surface area contributed by atoms with Crippen LogP contribution in [0.3, 0.4) is 0 Å². The highest BCUT2D eigenvalue weighted by atomic mass is 79.9. The number of likely N-dealkylation sites (tertiary alicyclic amines) is 1. The molecule has 16 heavy (non-hydrogen) atoms. The average molecular weight is 304 g/mol. The number of piperidine rings is 1. The molecule has 1 amide bonds. The Morgan fingerprint density at radius 2 is 2.25 bits per heavy atom. The summed E-state index contributed by atoms with van der Waals surface area (Å²) in [5.41, 5.74) is 0.785. The van der Waals surface area contributed by atoms with Gasteiger partial charge in [-0.05, 0) is 34.8 Å². The Hall–Kier alpha value is -0.390. The molecule has 0 atom stereocenters. The van der Waals surface area contributed by atoms with E-state index in [9.17, 15) is 4.79 Å². The van der Waals surface area contributed by atoms with Gasteiger partial charge in [-0.25, -0.2) is 0 Å². The summed E-state index contributed by atoms with van der Waals surface area (Å²) in [6.07, 6.45) is 2.19. The van der Waals surface area contributed by atoms with E-state index < -0.39 is 0 Å². The molecule has 0 radical (unpaired) electrons. The predicted molar refractivity (Wildman–Crippen MR) is 68.0 cm³/mol. The third-order valence-corrected chi connectivity index (χ3v) is 4.38. The maximum atomic E-state index is 12.1. The largest absolute Gasteiger partial charge is 0.381 e. The first-order valence-electron chi connectivity index (χ1n) is 5.27. The monoisotopic (exact) mass is 303 g/mol. The van der Waals surface area contributed by atoms with Gasteiger partial charge < -0.3 is 9.64 Å². The Balaban J connectivity index is 1.96. The summed E-state index contributed by atoms with van der Waals surface area (Å²) in [7, 11) is 1.73. The molecule has 2 heterocycles. The number of nitrogens with zero attached hydrogens (tertiary/aromatic N) is 1. The molecule has 1 aliphatic heterocycles. The van der Waals surface area contributed by atoms with Gasteiger partial charge in [0, 0.05) is 25.6 Å². The highest BCUT2D eigenvalue weighted by molar-refractivity contribution is 9.11. The number of amides is 1. The van der Waals surface area contributed by atoms with E-state index in [-0.39, 0.29) is 5.91 Å². The van der Waals surface area contributed by atoms with Crippen LogP contribution in [-0.4, -0.2) is 37.1 Å². The third-order valence-electron chi connectivity index (χ3n) is 2.88. The summed E-state index contributed by atoms with van der Waals surface area (Å²) >= 11 is 4.92. The minimum atomic E-state index is 0.136. The van der Waals surface area contributed by atoms with Crippen LogP contribution in [0.5, 0.6) is 0 Å². The summed E-state index contributed by atoms with van der Waals surface area (Å²) in [6.45, 7) is 1.59. The van der Waals surface area contributed by atoms with Gasteiger partial charge in [0.05, 0.1) is 15.5 Å². The van der Waals surface area contributed by atoms with Crippen LogP contribution in [0.4, 0.5) is 0 Å². The van der Waals surface area contributed by atoms with Gasteiger partial charge in [0.1, 0.15) is 0 Å². The van der Waals surface area contributed by atoms with Crippen LogP contribution in [0, 0.1) is 0 Å². The fraction of sp³-hybridized carbons (Fsp3) is 0.545. The van der Waals surface area contributed by atoms with Gasteiger partial charge >= 0.3 is 0 Å². The minimum Gasteiger partial charge on any atom is -0.381 e. The van der Waals surface area contributed by atoms with Crippen molar-refractivity contribution in [3.05, 3.63) is 20.8 Å². The number of hydrogen-bond acceptors (Lipinski definition) is 3. The van der Waals surface area contributed by atoms with Gasteiger partial charge in [0.2, 0.25) is 0 Å². The van der Waals surface area contributed by atoms with Gasteiger partial charge in [0.25, 0.3) is 5.91 Å². The fourth-order valence-corrected chi connectivity index (χ4v) is 3.03. The molecule has 5 heteroatoms. The van der Waals surface area contributed by atoms with E-state index in [2.05, 4.69) is 15.9 Å². The van der Waals surface area contributed by atoms with Gasteiger partial charge in [-0.3, -0.25) is 4.79 Å². The average Bonchev–Trinajstić information content (AvgIpc) is 2.75. The van der Waals surface area contributed by atoms with Crippen molar-refractivity contribution in [2.24, 2.45) is 0 Å². The fourth-order valence-electron chi connectivity index (χ4n) is 1.90. The highest BCUT2D eigenvalue weighted by Gasteiger charge is 2.23. The number of thiophene rings is 1. The van der Waals surface area contributed by atoms with Crippen LogP contribution in [0.15, 0.2) is 15.2 Å². The van der Waals surface area contributed by atoms with E-state index in [1.165, 1.54) is 0 Å². The lowest BCUT2D eigenvalue weighted by atomic mass is 10.1. The second kappa shape index (κ2) is 5.29. The minimum absolute atomic E-state index is 0.136. The maximum absolute atomic E-state index is 12.1. The smallest absolute Gasteiger partial charge is 0.254 e. The molecule has 88 valence electrons. The number of carbonyl (C=O) groups is 1. The number of halogens is 1. The molecule has 0 N–H and O–H groups in total. The van der Waals surface area contributed by atoms with E-state index in [4.69, 9.17) is 4.74 Å². The molecule has 0 unspecified atom stereocenters. The molecule has 0 bridgehead atoms. The van der Waals surface area contributed by atoms with Crippen molar-refractivity contribution in [2.75, 3.05) is 20.2 Å². The van der Waals surface area contributed by atoms with Crippen molar-refractivity contribution in [2.45, 2.75) is 18.9 Å². The molecule has 1 aromatic rings. The van der Waals surface area contributed by atoms with Gasteiger partial charge in [-0.1, -0.05) is 0 Å². The van der Waals surface area contributed by atoms with Crippen LogP contribution >= 0.6 is 27.3 Å². The second-order valence-electron chi connectivity index (χ2n) is 3.87. The highest BCUT2D eigenvalue weighted by Crippen LogP contribution is 2.23. The SMILES string of the molecule is COC1CCN(C(=O)c2csc(Br)c2)CC1. The molecule has 3 nitrogen and oxygen atoms in total. The lowest BCUT2D eigenvalue weighted by Gasteiger charge is -2.31. The Kier molecular flexibility index (Phi) is 4.00. The standard InChI is InChI=1S/C11H14BrNO2S/c1-15-9-2-4-13(5-3-9)11(14)8-6-10(12)16-7-8/h6-7,9H,2-5H2,1H3. The van der Waals surface area contributed by atoms with E-state index in [0.29, 0.717) is 6.10 Å². The lowest BCUT2D eigenvalue weighted by Crippen LogP contribution is -2.40. The Labute approximate surface area is 108 Å². The molecule has 1 aliphatic rings. The number of carbonyl (C=O) groups excluding carboxylic acids is 1. The quantitative estimate of drug-likeness (QED) is 0.841. The van der Waals surface area contributed by atoms with Crippen molar-refractivity contribution in [1.29, 1.82) is 0 Å². The summed E-state index contributed by atoms with van der Waals surface area (Å²) < 4.78 is 6.29. The maximum Gasteiger partial charge on any atom is 0.254 e. The van der Waals surface area contributed by atoms with Crippen molar-refractivity contribution in [3.8, 4) is 0 Å². The molecule has 1 fully saturated rings. The zero-order valence-corrected chi connectivity index (χ0v) is 11.5. The van der Waals surface area contributed by atoms with E-state index >= 15 is 0 Å². The number of ether oxygens (including phenoxy) is 1. The van der Waals surface area contributed by atoms with Crippen LogP contribution < -0.4 is 0 Å². The molecular weight excluding hydrogens is 290 g/mol. The van der Waals surface area contributed by atoms with Gasteiger partial charge in [-0.2, -0.15) is 0 Å². The second-order valence-corrected chi connectivity index (χ2v) is 6.16. The van der Waals surface area contributed by atoms with Gasteiger partial charge in [-0.15, -0.1) is 11.3 Å². The van der Waals surface area contributed by atoms with Crippen molar-refractivity contribution >= 4 is 33.2 Å². The van der Waals surface area contributed by atoms with Crippen LogP contribution in [0.25, 0.3) is 0 Å². The molecule has 1 saturated heterocycles. The first kappa shape index (κ1) is 12.1. The molecule has 0 aliphatic carbocycles. The first-order valence-corrected chi connectivity index (χ1v) is 6.94. The zero-order valence-electron chi connectivity index (χ0n) is 9.11. The predicted octanol–water partition coefficient (Wildman–Crippen LogP) is 2.76. The summed E-state index contributed by atoms with van der Waals surface area (Å²) in [4.78, 5) is 14.0. The lowest BCUT2D eigenvalue weighted by molar-refractivity contribution is 0.0351. The van der Waals surface area contributed by atoms with Crippen LogP contribution in [-0.2, 0) is 4.74 Å². The summed E-state index contributed by atoms with van der Waals surface area (Å²) in [5, 5.41) is 1.90. The number of methoxy groups -OCH3 is 1. The zero-order chi connectivity index (χ0) is 11.5. The Bertz CT molecular complexity index is 372. The number of rotatable bonds is 2. The molecule has 1 aromatic heterocycles. The van der Waals surface area contributed by atoms with Gasteiger partial charge in [0.15, 0.2) is 0 Å². The first-order chi connectivity index (χ1) is 7.70. The van der Waals surface area contributed by atoms with Crippen molar-refractivity contribution < 1.29 is 9.53 Å². The molecule has 2 rings (SSSR count). The van der Waals surface area contributed by atoms with E-state index in [1.807, 2.05) is 16.3 Å². The van der Waals surface area contributed by atoms with E-state index in [1.54, 1.807) is 18.4 Å². The van der Waals surface area contributed by atoms with Crippen LogP contribution in [0.1, 0.15) is 23.2 Å². The van der Waals surface area contributed by atoms with E-state index in [0.717, 1.165) is 35.3 Å². The molecule has 0 aromatic carbocycles. The van der Waals surface area contributed by atoms with Crippen molar-refractivity contribution in [1.82, 2.24) is 4.90 Å². The topological polar surface area (TPSA) is 29.5 Å². The Morgan fingerprint density at radius 3 is 2.75 bits per heavy atom. The summed E-state index contributed by atoms with van der Waals surface area (Å²) in [6, 6.07) is 1.88. The third kappa shape index (κ3) is 2.64. The normalized spacial score (nSPS) is 17.8.